The lowest BCUT2D eigenvalue weighted by atomic mass is 9.85. The number of nitrogens with zero attached hydrogens (tertiary/aromatic N) is 5. The van der Waals surface area contributed by atoms with Crippen LogP contribution in [0, 0.1) is 0 Å². The summed E-state index contributed by atoms with van der Waals surface area (Å²) in [7, 11) is 0. The van der Waals surface area contributed by atoms with Gasteiger partial charge in [0.15, 0.2) is 17.5 Å². The molecule has 0 aliphatic rings. The first kappa shape index (κ1) is 30.9. The van der Waals surface area contributed by atoms with Crippen LogP contribution in [0.25, 0.3) is 89.7 Å². The third kappa shape index (κ3) is 6.01. The van der Waals surface area contributed by atoms with E-state index in [4.69, 9.17) is 15.0 Å². The average molecular weight is 666 g/mol. The van der Waals surface area contributed by atoms with Gasteiger partial charge >= 0.3 is 0 Å². The van der Waals surface area contributed by atoms with Gasteiger partial charge in [0, 0.05) is 18.0 Å². The van der Waals surface area contributed by atoms with Gasteiger partial charge in [-0.15, -0.1) is 0 Å². The molecule has 0 amide bonds. The van der Waals surface area contributed by atoms with Crippen molar-refractivity contribution in [3.05, 3.63) is 188 Å². The van der Waals surface area contributed by atoms with Gasteiger partial charge in [0.2, 0.25) is 0 Å². The summed E-state index contributed by atoms with van der Waals surface area (Å²) in [6, 6.07) is 61.0. The Morgan fingerprint density at radius 1 is 0.288 bits per heavy atom. The fourth-order valence-corrected chi connectivity index (χ4v) is 6.77. The second-order valence-electron chi connectivity index (χ2n) is 12.5. The van der Waals surface area contributed by atoms with Crippen LogP contribution in [-0.4, -0.2) is 24.9 Å². The first-order chi connectivity index (χ1) is 25.8. The summed E-state index contributed by atoms with van der Waals surface area (Å²) >= 11 is 0. The molecule has 52 heavy (non-hydrogen) atoms. The van der Waals surface area contributed by atoms with Crippen LogP contribution in [-0.2, 0) is 0 Å². The fourth-order valence-electron chi connectivity index (χ4n) is 6.77. The third-order valence-corrected chi connectivity index (χ3v) is 9.28. The van der Waals surface area contributed by atoms with Gasteiger partial charge in [-0.3, -0.25) is 9.97 Å². The minimum Gasteiger partial charge on any atom is -0.253 e. The standard InChI is InChI=1S/C47H31N5/c1-3-14-32(15-4-1)35-24-26-39(41(30-35)34-16-5-2-6-17-34)40-27-25-36(31-42(40)38-21-13-19-33-18-7-8-20-37(33)38)45-50-46(43-22-9-11-28-48-43)52-47(51-45)44-23-10-12-29-49-44/h1-31H. The summed E-state index contributed by atoms with van der Waals surface area (Å²) in [6.45, 7) is 0. The number of rotatable bonds is 7. The lowest BCUT2D eigenvalue weighted by Gasteiger charge is -2.19. The largest absolute Gasteiger partial charge is 0.253 e. The first-order valence-corrected chi connectivity index (χ1v) is 17.3. The smallest absolute Gasteiger partial charge is 0.182 e. The highest BCUT2D eigenvalue weighted by Gasteiger charge is 2.19. The molecule has 9 aromatic rings. The molecule has 3 heterocycles. The summed E-state index contributed by atoms with van der Waals surface area (Å²) < 4.78 is 0. The van der Waals surface area contributed by atoms with Crippen molar-refractivity contribution >= 4 is 10.8 Å². The van der Waals surface area contributed by atoms with E-state index in [9.17, 15) is 0 Å². The van der Waals surface area contributed by atoms with Crippen molar-refractivity contribution in [3.63, 3.8) is 0 Å². The van der Waals surface area contributed by atoms with Gasteiger partial charge in [0.05, 0.1) is 0 Å². The highest BCUT2D eigenvalue weighted by atomic mass is 15.1. The molecule has 0 unspecified atom stereocenters. The Morgan fingerprint density at radius 2 is 0.827 bits per heavy atom. The fraction of sp³-hybridized carbons (Fsp3) is 0. The van der Waals surface area contributed by atoms with Gasteiger partial charge in [-0.25, -0.2) is 15.0 Å². The van der Waals surface area contributed by atoms with Crippen LogP contribution in [0.3, 0.4) is 0 Å². The minimum atomic E-state index is 0.491. The van der Waals surface area contributed by atoms with E-state index in [-0.39, 0.29) is 0 Å². The monoisotopic (exact) mass is 665 g/mol. The highest BCUT2D eigenvalue weighted by molar-refractivity contribution is 6.03. The molecule has 3 aromatic heterocycles. The maximum absolute atomic E-state index is 5.00. The van der Waals surface area contributed by atoms with Crippen LogP contribution in [0.15, 0.2) is 188 Å². The normalized spacial score (nSPS) is 11.1. The molecule has 244 valence electrons. The zero-order valence-electron chi connectivity index (χ0n) is 28.1. The van der Waals surface area contributed by atoms with Crippen molar-refractivity contribution in [2.24, 2.45) is 0 Å². The maximum Gasteiger partial charge on any atom is 0.182 e. The van der Waals surface area contributed by atoms with Crippen LogP contribution in [0.1, 0.15) is 0 Å². The summed E-state index contributed by atoms with van der Waals surface area (Å²) in [6.07, 6.45) is 3.50. The van der Waals surface area contributed by atoms with Gasteiger partial charge in [-0.1, -0.05) is 140 Å². The van der Waals surface area contributed by atoms with Crippen LogP contribution >= 0.6 is 0 Å². The highest BCUT2D eigenvalue weighted by Crippen LogP contribution is 2.43. The Morgan fingerprint density at radius 3 is 1.50 bits per heavy atom. The molecular formula is C47H31N5. The van der Waals surface area contributed by atoms with Crippen molar-refractivity contribution in [1.29, 1.82) is 0 Å². The molecule has 6 aromatic carbocycles. The number of hydrogen-bond acceptors (Lipinski definition) is 5. The van der Waals surface area contributed by atoms with E-state index in [0.717, 1.165) is 38.9 Å². The summed E-state index contributed by atoms with van der Waals surface area (Å²) in [5.74, 6) is 1.53. The van der Waals surface area contributed by atoms with Crippen LogP contribution in [0.2, 0.25) is 0 Å². The topological polar surface area (TPSA) is 64.5 Å². The van der Waals surface area contributed by atoms with Gasteiger partial charge in [0.25, 0.3) is 0 Å². The third-order valence-electron chi connectivity index (χ3n) is 9.28. The van der Waals surface area contributed by atoms with Crippen molar-refractivity contribution < 1.29 is 0 Å². The molecule has 0 saturated carbocycles. The molecule has 5 heteroatoms. The molecule has 0 fully saturated rings. The molecule has 5 nitrogen and oxygen atoms in total. The van der Waals surface area contributed by atoms with E-state index in [1.54, 1.807) is 12.4 Å². The predicted molar refractivity (Wildman–Crippen MR) is 211 cm³/mol. The first-order valence-electron chi connectivity index (χ1n) is 17.3. The SMILES string of the molecule is c1ccc(-c2ccc(-c3ccc(-c4nc(-c5ccccn5)nc(-c5ccccn5)n4)cc3-c3cccc4ccccc34)c(-c3ccccc3)c2)cc1. The molecular weight excluding hydrogens is 635 g/mol. The van der Waals surface area contributed by atoms with Crippen molar-refractivity contribution in [2.45, 2.75) is 0 Å². The average Bonchev–Trinajstić information content (AvgIpc) is 3.24. The maximum atomic E-state index is 5.00. The number of aromatic nitrogens is 5. The van der Waals surface area contributed by atoms with E-state index < -0.39 is 0 Å². The molecule has 9 rings (SSSR count). The van der Waals surface area contributed by atoms with Crippen LogP contribution < -0.4 is 0 Å². The Kier molecular flexibility index (Phi) is 8.12. The molecule has 0 bridgehead atoms. The summed E-state index contributed by atoms with van der Waals surface area (Å²) in [5.41, 5.74) is 11.3. The molecule has 0 radical (unpaired) electrons. The Bertz CT molecular complexity index is 2600. The van der Waals surface area contributed by atoms with Crippen molar-refractivity contribution in [2.75, 3.05) is 0 Å². The quantitative estimate of drug-likeness (QED) is 0.169. The van der Waals surface area contributed by atoms with Gasteiger partial charge in [-0.05, 0) is 91.7 Å². The summed E-state index contributed by atoms with van der Waals surface area (Å²) in [5, 5.41) is 2.35. The molecule has 0 atom stereocenters. The lowest BCUT2D eigenvalue weighted by Crippen LogP contribution is -2.02. The van der Waals surface area contributed by atoms with Crippen LogP contribution in [0.5, 0.6) is 0 Å². The van der Waals surface area contributed by atoms with E-state index in [2.05, 4.69) is 149 Å². The second kappa shape index (κ2) is 13.7. The number of fused-ring (bicyclic) bond motifs is 1. The molecule has 0 saturated heterocycles. The van der Waals surface area contributed by atoms with E-state index in [1.807, 2.05) is 36.4 Å². The van der Waals surface area contributed by atoms with E-state index in [0.29, 0.717) is 28.9 Å². The number of pyridine rings is 2. The Hall–Kier alpha value is -7.11. The predicted octanol–water partition coefficient (Wildman–Crippen LogP) is 11.5. The van der Waals surface area contributed by atoms with E-state index in [1.165, 1.54) is 21.9 Å². The molecule has 0 aliphatic carbocycles. The zero-order chi connectivity index (χ0) is 34.7. The minimum absolute atomic E-state index is 0.491. The molecule has 0 N–H and O–H groups in total. The Labute approximate surface area is 302 Å². The van der Waals surface area contributed by atoms with Gasteiger partial charge < -0.3 is 0 Å². The molecule has 0 aliphatic heterocycles. The van der Waals surface area contributed by atoms with E-state index >= 15 is 0 Å². The lowest BCUT2D eigenvalue weighted by molar-refractivity contribution is 1.05. The zero-order valence-corrected chi connectivity index (χ0v) is 28.1. The Balaban J connectivity index is 1.30. The van der Waals surface area contributed by atoms with Crippen molar-refractivity contribution in [1.82, 2.24) is 24.9 Å². The van der Waals surface area contributed by atoms with Gasteiger partial charge in [0.1, 0.15) is 11.4 Å². The van der Waals surface area contributed by atoms with Gasteiger partial charge in [-0.2, -0.15) is 0 Å². The van der Waals surface area contributed by atoms with Crippen molar-refractivity contribution in [3.8, 4) is 78.9 Å². The summed E-state index contributed by atoms with van der Waals surface area (Å²) in [4.78, 5) is 23.9. The van der Waals surface area contributed by atoms with Crippen LogP contribution in [0.4, 0.5) is 0 Å². The second-order valence-corrected chi connectivity index (χ2v) is 12.5. The molecule has 0 spiro atoms. The number of hydrogen-bond donors (Lipinski definition) is 0. The number of benzene rings is 6.